The van der Waals surface area contributed by atoms with Crippen molar-refractivity contribution < 1.29 is 8.78 Å². The molecule has 0 spiro atoms. The van der Waals surface area contributed by atoms with E-state index in [-0.39, 0.29) is 0 Å². The minimum absolute atomic E-state index is 0.353. The third-order valence-corrected chi connectivity index (χ3v) is 3.97. The molecule has 0 unspecified atom stereocenters. The highest BCUT2D eigenvalue weighted by atomic mass is 32.2. The molecule has 0 bridgehead atoms. The summed E-state index contributed by atoms with van der Waals surface area (Å²) in [6, 6.07) is 10.9. The van der Waals surface area contributed by atoms with Crippen molar-refractivity contribution in [1.29, 1.82) is 0 Å². The predicted octanol–water partition coefficient (Wildman–Crippen LogP) is 3.78. The SMILES string of the molecule is Nc1nc(CSc2ccc(F)cc2F)nc2ccccc12. The van der Waals surface area contributed by atoms with Crippen LogP contribution in [0.25, 0.3) is 10.9 Å². The maximum absolute atomic E-state index is 13.6. The van der Waals surface area contributed by atoms with Gasteiger partial charge in [-0.05, 0) is 24.3 Å². The first-order valence-corrected chi connectivity index (χ1v) is 7.21. The monoisotopic (exact) mass is 303 g/mol. The van der Waals surface area contributed by atoms with E-state index in [1.807, 2.05) is 24.3 Å². The van der Waals surface area contributed by atoms with Crippen LogP contribution < -0.4 is 5.73 Å². The Morgan fingerprint density at radius 2 is 1.86 bits per heavy atom. The van der Waals surface area contributed by atoms with Gasteiger partial charge in [-0.2, -0.15) is 0 Å². The van der Waals surface area contributed by atoms with Gasteiger partial charge in [-0.3, -0.25) is 0 Å². The number of halogens is 2. The Morgan fingerprint density at radius 3 is 2.67 bits per heavy atom. The van der Waals surface area contributed by atoms with Crippen molar-refractivity contribution in [3.8, 4) is 0 Å². The zero-order chi connectivity index (χ0) is 14.8. The van der Waals surface area contributed by atoms with E-state index >= 15 is 0 Å². The van der Waals surface area contributed by atoms with E-state index in [0.717, 1.165) is 17.0 Å². The van der Waals surface area contributed by atoms with Gasteiger partial charge in [0.05, 0.1) is 11.3 Å². The molecule has 106 valence electrons. The molecule has 0 fully saturated rings. The molecule has 0 amide bonds. The molecule has 0 aliphatic carbocycles. The first-order valence-electron chi connectivity index (χ1n) is 6.22. The van der Waals surface area contributed by atoms with E-state index in [9.17, 15) is 8.78 Å². The van der Waals surface area contributed by atoms with Crippen LogP contribution in [0.2, 0.25) is 0 Å². The Labute approximate surface area is 124 Å². The molecule has 3 rings (SSSR count). The van der Waals surface area contributed by atoms with E-state index in [0.29, 0.717) is 22.3 Å². The molecule has 2 N–H and O–H groups in total. The fraction of sp³-hybridized carbons (Fsp3) is 0.0667. The minimum atomic E-state index is -0.594. The fourth-order valence-electron chi connectivity index (χ4n) is 1.95. The molecule has 2 aromatic carbocycles. The summed E-state index contributed by atoms with van der Waals surface area (Å²) in [5.41, 5.74) is 6.64. The highest BCUT2D eigenvalue weighted by Crippen LogP contribution is 2.26. The zero-order valence-electron chi connectivity index (χ0n) is 10.9. The number of anilines is 1. The van der Waals surface area contributed by atoms with E-state index in [1.165, 1.54) is 23.9 Å². The van der Waals surface area contributed by atoms with Gasteiger partial charge < -0.3 is 5.73 Å². The number of nitrogens with zero attached hydrogens (tertiary/aromatic N) is 2. The van der Waals surface area contributed by atoms with E-state index in [1.54, 1.807) is 0 Å². The van der Waals surface area contributed by atoms with E-state index in [4.69, 9.17) is 5.73 Å². The summed E-state index contributed by atoms with van der Waals surface area (Å²) in [6.45, 7) is 0. The van der Waals surface area contributed by atoms with Crippen LogP contribution in [0.4, 0.5) is 14.6 Å². The first kappa shape index (κ1) is 13.8. The molecular formula is C15H11F2N3S. The maximum Gasteiger partial charge on any atom is 0.141 e. The van der Waals surface area contributed by atoms with Crippen molar-refractivity contribution in [1.82, 2.24) is 9.97 Å². The van der Waals surface area contributed by atoms with Crippen LogP contribution in [0.5, 0.6) is 0 Å². The first-order chi connectivity index (χ1) is 10.1. The highest BCUT2D eigenvalue weighted by Gasteiger charge is 2.08. The van der Waals surface area contributed by atoms with Crippen molar-refractivity contribution in [2.75, 3.05) is 5.73 Å². The number of para-hydroxylation sites is 1. The Morgan fingerprint density at radius 1 is 1.05 bits per heavy atom. The van der Waals surface area contributed by atoms with Crippen LogP contribution in [-0.4, -0.2) is 9.97 Å². The molecule has 0 aliphatic rings. The summed E-state index contributed by atoms with van der Waals surface area (Å²) >= 11 is 1.20. The summed E-state index contributed by atoms with van der Waals surface area (Å²) in [4.78, 5) is 8.96. The molecule has 0 saturated carbocycles. The van der Waals surface area contributed by atoms with Crippen molar-refractivity contribution in [3.63, 3.8) is 0 Å². The minimum Gasteiger partial charge on any atom is -0.383 e. The van der Waals surface area contributed by atoms with Crippen LogP contribution in [0.3, 0.4) is 0 Å². The van der Waals surface area contributed by atoms with Gasteiger partial charge in [-0.25, -0.2) is 18.7 Å². The number of thioether (sulfide) groups is 1. The molecule has 0 aliphatic heterocycles. The standard InChI is InChI=1S/C15H11F2N3S/c16-9-5-6-13(11(17)7-9)21-8-14-19-12-4-2-1-3-10(12)15(18)20-14/h1-7H,8H2,(H2,18,19,20). The number of nitrogens with two attached hydrogens (primary N) is 1. The van der Waals surface area contributed by atoms with Gasteiger partial charge in [-0.15, -0.1) is 11.8 Å². The van der Waals surface area contributed by atoms with Crippen LogP contribution in [0.1, 0.15) is 5.82 Å². The lowest BCUT2D eigenvalue weighted by Gasteiger charge is -2.06. The lowest BCUT2D eigenvalue weighted by molar-refractivity contribution is 0.565. The van der Waals surface area contributed by atoms with Crippen molar-refractivity contribution in [2.45, 2.75) is 10.6 Å². The number of benzene rings is 2. The van der Waals surface area contributed by atoms with E-state index in [2.05, 4.69) is 9.97 Å². The summed E-state index contributed by atoms with van der Waals surface area (Å²) in [7, 11) is 0. The number of hydrogen-bond donors (Lipinski definition) is 1. The van der Waals surface area contributed by atoms with Gasteiger partial charge in [-0.1, -0.05) is 12.1 Å². The van der Waals surface area contributed by atoms with Crippen molar-refractivity contribution in [3.05, 3.63) is 59.9 Å². The molecular weight excluding hydrogens is 292 g/mol. The second-order valence-electron chi connectivity index (χ2n) is 4.41. The van der Waals surface area contributed by atoms with Gasteiger partial charge >= 0.3 is 0 Å². The number of fused-ring (bicyclic) bond motifs is 1. The third kappa shape index (κ3) is 2.95. The van der Waals surface area contributed by atoms with Crippen LogP contribution >= 0.6 is 11.8 Å². The predicted molar refractivity (Wildman–Crippen MR) is 79.9 cm³/mol. The number of hydrogen-bond acceptors (Lipinski definition) is 4. The van der Waals surface area contributed by atoms with Crippen molar-refractivity contribution in [2.24, 2.45) is 0 Å². The molecule has 1 heterocycles. The smallest absolute Gasteiger partial charge is 0.141 e. The Hall–Kier alpha value is -2.21. The lowest BCUT2D eigenvalue weighted by Crippen LogP contribution is -2.00. The summed E-state index contributed by atoms with van der Waals surface area (Å²) in [5, 5.41) is 0.791. The average molecular weight is 303 g/mol. The van der Waals surface area contributed by atoms with Gasteiger partial charge in [0.15, 0.2) is 0 Å². The Kier molecular flexibility index (Phi) is 3.70. The quantitative estimate of drug-likeness (QED) is 0.748. The maximum atomic E-state index is 13.6. The second kappa shape index (κ2) is 5.65. The number of rotatable bonds is 3. The van der Waals surface area contributed by atoms with E-state index < -0.39 is 11.6 Å². The van der Waals surface area contributed by atoms with Crippen molar-refractivity contribution >= 4 is 28.5 Å². The molecule has 1 aromatic heterocycles. The normalized spacial score (nSPS) is 11.0. The van der Waals surface area contributed by atoms with Gasteiger partial charge in [0.25, 0.3) is 0 Å². The summed E-state index contributed by atoms with van der Waals surface area (Å²) < 4.78 is 26.4. The van der Waals surface area contributed by atoms with Crippen LogP contribution in [-0.2, 0) is 5.75 Å². The molecule has 0 atom stereocenters. The Bertz CT molecular complexity index is 808. The number of aromatic nitrogens is 2. The van der Waals surface area contributed by atoms with Gasteiger partial charge in [0.2, 0.25) is 0 Å². The molecule has 0 radical (unpaired) electrons. The van der Waals surface area contributed by atoms with Gasteiger partial charge in [0.1, 0.15) is 23.3 Å². The summed E-state index contributed by atoms with van der Waals surface area (Å²) in [5.74, 6) is 0.0879. The Balaban J connectivity index is 1.85. The molecule has 0 saturated heterocycles. The number of nitrogen functional groups attached to an aromatic ring is 1. The van der Waals surface area contributed by atoms with Crippen LogP contribution in [0, 0.1) is 11.6 Å². The van der Waals surface area contributed by atoms with Crippen LogP contribution in [0.15, 0.2) is 47.4 Å². The highest BCUT2D eigenvalue weighted by molar-refractivity contribution is 7.98. The summed E-state index contributed by atoms with van der Waals surface area (Å²) in [6.07, 6.45) is 0. The average Bonchev–Trinajstić information content (AvgIpc) is 2.46. The second-order valence-corrected chi connectivity index (χ2v) is 5.42. The topological polar surface area (TPSA) is 51.8 Å². The largest absolute Gasteiger partial charge is 0.383 e. The molecule has 6 heteroatoms. The fourth-order valence-corrected chi connectivity index (χ4v) is 2.72. The lowest BCUT2D eigenvalue weighted by atomic mass is 10.2. The van der Waals surface area contributed by atoms with Gasteiger partial charge in [0, 0.05) is 16.3 Å². The molecule has 21 heavy (non-hydrogen) atoms. The zero-order valence-corrected chi connectivity index (χ0v) is 11.7. The third-order valence-electron chi connectivity index (χ3n) is 2.93. The molecule has 3 nitrogen and oxygen atoms in total. The molecule has 3 aromatic rings.